The number of nitrogens with zero attached hydrogens (tertiary/aromatic N) is 2. The molecule has 1 amide bonds. The van der Waals surface area contributed by atoms with Gasteiger partial charge >= 0.3 is 0 Å². The van der Waals surface area contributed by atoms with Crippen LogP contribution >= 0.6 is 11.6 Å². The number of nitrogens with one attached hydrogen (secondary N) is 1. The van der Waals surface area contributed by atoms with Crippen molar-refractivity contribution in [3.63, 3.8) is 0 Å². The monoisotopic (exact) mass is 461 g/mol. The van der Waals surface area contributed by atoms with Gasteiger partial charge in [0.25, 0.3) is 5.91 Å². The Bertz CT molecular complexity index is 1230. The van der Waals surface area contributed by atoms with Crippen molar-refractivity contribution in [2.75, 3.05) is 13.2 Å². The molecular formula is C27H28ClN3O2. The fourth-order valence-corrected chi connectivity index (χ4v) is 3.98. The number of carbonyl (C=O) groups excluding carboxylic acids is 1. The standard InChI is InChI=1S/C27H28ClN3O2/c1-19(2)20-10-12-23(13-11-20)33-17-16-31-25-9-4-3-8-24(25)30-26(31)14-15-29-27(32)21-6-5-7-22(28)18-21/h3-13,18-19H,14-17H2,1-2H3,(H,29,32). The first kappa shape index (κ1) is 22.9. The zero-order valence-corrected chi connectivity index (χ0v) is 19.7. The predicted octanol–water partition coefficient (Wildman–Crippen LogP) is 5.86. The van der Waals surface area contributed by atoms with Crippen molar-refractivity contribution in [3.8, 4) is 5.75 Å². The van der Waals surface area contributed by atoms with Crippen LogP contribution in [0.25, 0.3) is 11.0 Å². The lowest BCUT2D eigenvalue weighted by Gasteiger charge is -2.12. The number of imidazole rings is 1. The highest BCUT2D eigenvalue weighted by Crippen LogP contribution is 2.20. The molecule has 0 fully saturated rings. The molecule has 0 aliphatic heterocycles. The van der Waals surface area contributed by atoms with E-state index < -0.39 is 0 Å². The maximum Gasteiger partial charge on any atom is 0.251 e. The zero-order valence-electron chi connectivity index (χ0n) is 18.9. The number of carbonyl (C=O) groups is 1. The highest BCUT2D eigenvalue weighted by molar-refractivity contribution is 6.30. The third-order valence-electron chi connectivity index (χ3n) is 5.58. The quantitative estimate of drug-likeness (QED) is 0.339. The first-order valence-corrected chi connectivity index (χ1v) is 11.6. The average molecular weight is 462 g/mol. The number of rotatable bonds is 9. The van der Waals surface area contributed by atoms with Gasteiger partial charge in [0, 0.05) is 23.6 Å². The first-order valence-electron chi connectivity index (χ1n) is 11.2. The largest absolute Gasteiger partial charge is 0.492 e. The fourth-order valence-electron chi connectivity index (χ4n) is 3.79. The van der Waals surface area contributed by atoms with Crippen LogP contribution in [0.2, 0.25) is 5.02 Å². The van der Waals surface area contributed by atoms with Crippen molar-refractivity contribution in [1.29, 1.82) is 0 Å². The second-order valence-corrected chi connectivity index (χ2v) is 8.69. The van der Waals surface area contributed by atoms with Crippen LogP contribution in [-0.4, -0.2) is 28.6 Å². The Balaban J connectivity index is 1.40. The van der Waals surface area contributed by atoms with Gasteiger partial charge in [0.1, 0.15) is 18.2 Å². The molecule has 0 radical (unpaired) electrons. The molecule has 3 aromatic carbocycles. The van der Waals surface area contributed by atoms with E-state index in [1.165, 1.54) is 5.56 Å². The molecule has 1 heterocycles. The number of hydrogen-bond acceptors (Lipinski definition) is 3. The molecule has 0 aliphatic carbocycles. The molecule has 1 N–H and O–H groups in total. The molecule has 170 valence electrons. The smallest absolute Gasteiger partial charge is 0.251 e. The molecule has 0 aliphatic rings. The summed E-state index contributed by atoms with van der Waals surface area (Å²) >= 11 is 5.99. The van der Waals surface area contributed by atoms with Crippen molar-refractivity contribution >= 4 is 28.5 Å². The van der Waals surface area contributed by atoms with Gasteiger partial charge in [-0.25, -0.2) is 4.98 Å². The molecule has 0 bridgehead atoms. The normalized spacial score (nSPS) is 11.2. The number of ether oxygens (including phenoxy) is 1. The molecule has 0 spiro atoms. The Morgan fingerprint density at radius 1 is 1.06 bits per heavy atom. The van der Waals surface area contributed by atoms with Crippen molar-refractivity contribution < 1.29 is 9.53 Å². The third-order valence-corrected chi connectivity index (χ3v) is 5.82. The summed E-state index contributed by atoms with van der Waals surface area (Å²) in [6, 6.07) is 23.3. The summed E-state index contributed by atoms with van der Waals surface area (Å²) in [5.41, 5.74) is 3.85. The topological polar surface area (TPSA) is 56.1 Å². The van der Waals surface area contributed by atoms with Gasteiger partial charge in [-0.1, -0.05) is 55.8 Å². The number of benzene rings is 3. The predicted molar refractivity (Wildman–Crippen MR) is 133 cm³/mol. The van der Waals surface area contributed by atoms with E-state index in [-0.39, 0.29) is 5.91 Å². The van der Waals surface area contributed by atoms with E-state index in [1.54, 1.807) is 24.3 Å². The summed E-state index contributed by atoms with van der Waals surface area (Å²) in [5, 5.41) is 3.51. The molecule has 4 rings (SSSR count). The van der Waals surface area contributed by atoms with E-state index in [2.05, 4.69) is 41.9 Å². The van der Waals surface area contributed by atoms with Crippen LogP contribution in [0.3, 0.4) is 0 Å². The van der Waals surface area contributed by atoms with Crippen LogP contribution in [0, 0.1) is 0 Å². The Kier molecular flexibility index (Phi) is 7.30. The molecule has 6 heteroatoms. The molecular weight excluding hydrogens is 434 g/mol. The van der Waals surface area contributed by atoms with E-state index in [9.17, 15) is 4.79 Å². The molecule has 0 unspecified atom stereocenters. The van der Waals surface area contributed by atoms with Crippen molar-refractivity contribution in [3.05, 3.63) is 94.8 Å². The minimum atomic E-state index is -0.145. The zero-order chi connectivity index (χ0) is 23.2. The lowest BCUT2D eigenvalue weighted by atomic mass is 10.0. The molecule has 0 atom stereocenters. The Morgan fingerprint density at radius 2 is 1.85 bits per heavy atom. The van der Waals surface area contributed by atoms with Gasteiger partial charge < -0.3 is 14.6 Å². The van der Waals surface area contributed by atoms with E-state index in [4.69, 9.17) is 21.3 Å². The molecule has 1 aromatic heterocycles. The lowest BCUT2D eigenvalue weighted by molar-refractivity contribution is 0.0954. The van der Waals surface area contributed by atoms with Crippen LogP contribution in [0.1, 0.15) is 41.5 Å². The summed E-state index contributed by atoms with van der Waals surface area (Å²) in [6.45, 7) is 6.04. The number of amides is 1. The Labute approximate surface area is 199 Å². The Hall–Kier alpha value is -3.31. The van der Waals surface area contributed by atoms with Gasteiger partial charge in [-0.2, -0.15) is 0 Å². The van der Waals surface area contributed by atoms with Crippen molar-refractivity contribution in [2.45, 2.75) is 32.7 Å². The van der Waals surface area contributed by atoms with Crippen LogP contribution in [-0.2, 0) is 13.0 Å². The van der Waals surface area contributed by atoms with Gasteiger partial charge in [-0.15, -0.1) is 0 Å². The van der Waals surface area contributed by atoms with E-state index in [0.29, 0.717) is 42.6 Å². The molecule has 4 aromatic rings. The number of halogens is 1. The van der Waals surface area contributed by atoms with Crippen molar-refractivity contribution in [1.82, 2.24) is 14.9 Å². The van der Waals surface area contributed by atoms with Crippen LogP contribution in [0.5, 0.6) is 5.75 Å². The number of para-hydroxylation sites is 2. The van der Waals surface area contributed by atoms with Gasteiger partial charge in [-0.05, 0) is 53.9 Å². The van der Waals surface area contributed by atoms with E-state index in [0.717, 1.165) is 22.6 Å². The molecule has 33 heavy (non-hydrogen) atoms. The van der Waals surface area contributed by atoms with E-state index >= 15 is 0 Å². The maximum absolute atomic E-state index is 12.4. The average Bonchev–Trinajstić information content (AvgIpc) is 3.17. The summed E-state index contributed by atoms with van der Waals surface area (Å²) in [4.78, 5) is 17.2. The summed E-state index contributed by atoms with van der Waals surface area (Å²) in [6.07, 6.45) is 0.615. The summed E-state index contributed by atoms with van der Waals surface area (Å²) in [7, 11) is 0. The van der Waals surface area contributed by atoms with Gasteiger partial charge in [0.2, 0.25) is 0 Å². The minimum Gasteiger partial charge on any atom is -0.492 e. The number of aromatic nitrogens is 2. The van der Waals surface area contributed by atoms with Crippen molar-refractivity contribution in [2.24, 2.45) is 0 Å². The second kappa shape index (κ2) is 10.5. The fraction of sp³-hybridized carbons (Fsp3) is 0.259. The van der Waals surface area contributed by atoms with Crippen LogP contribution in [0.15, 0.2) is 72.8 Å². The maximum atomic E-state index is 12.4. The lowest BCUT2D eigenvalue weighted by Crippen LogP contribution is -2.26. The van der Waals surface area contributed by atoms with E-state index in [1.807, 2.05) is 30.3 Å². The molecule has 0 saturated heterocycles. The Morgan fingerprint density at radius 3 is 2.61 bits per heavy atom. The van der Waals surface area contributed by atoms with Gasteiger partial charge in [0.05, 0.1) is 17.6 Å². The summed E-state index contributed by atoms with van der Waals surface area (Å²) < 4.78 is 8.17. The van der Waals surface area contributed by atoms with Crippen LogP contribution < -0.4 is 10.1 Å². The third kappa shape index (κ3) is 5.74. The summed E-state index contributed by atoms with van der Waals surface area (Å²) in [5.74, 6) is 2.13. The highest BCUT2D eigenvalue weighted by Gasteiger charge is 2.12. The SMILES string of the molecule is CC(C)c1ccc(OCCn2c(CCNC(=O)c3cccc(Cl)c3)nc3ccccc32)cc1. The second-order valence-electron chi connectivity index (χ2n) is 8.26. The van der Waals surface area contributed by atoms with Crippen LogP contribution in [0.4, 0.5) is 0 Å². The number of hydrogen-bond donors (Lipinski definition) is 1. The molecule has 0 saturated carbocycles. The van der Waals surface area contributed by atoms with Gasteiger partial charge in [0.15, 0.2) is 0 Å². The van der Waals surface area contributed by atoms with Gasteiger partial charge in [-0.3, -0.25) is 4.79 Å². The molecule has 5 nitrogen and oxygen atoms in total. The first-order chi connectivity index (χ1) is 16.0. The number of fused-ring (bicyclic) bond motifs is 1. The highest BCUT2D eigenvalue weighted by atomic mass is 35.5. The minimum absolute atomic E-state index is 0.145.